The molecule has 0 radical (unpaired) electrons. The number of nitrogens with two attached hydrogens (primary N) is 1. The summed E-state index contributed by atoms with van der Waals surface area (Å²) in [5.41, 5.74) is 6.91. The topological polar surface area (TPSA) is 64.4 Å². The zero-order valence-corrected chi connectivity index (χ0v) is 12.2. The maximum atomic E-state index is 12.3. The second kappa shape index (κ2) is 5.13. The van der Waals surface area contributed by atoms with Crippen molar-refractivity contribution in [3.8, 4) is 0 Å². The fourth-order valence-electron chi connectivity index (χ4n) is 2.62. The molecule has 2 atom stereocenters. The second-order valence-electron chi connectivity index (χ2n) is 5.28. The highest BCUT2D eigenvalue weighted by Crippen LogP contribution is 2.38. The lowest BCUT2D eigenvalue weighted by Crippen LogP contribution is -2.41. The van der Waals surface area contributed by atoms with E-state index in [2.05, 4.69) is 21.2 Å². The number of nitrogen functional groups attached to an aromatic ring is 1. The Morgan fingerprint density at radius 3 is 2.89 bits per heavy atom. The minimum absolute atomic E-state index is 0.0830. The Morgan fingerprint density at radius 2 is 2.16 bits per heavy atom. The van der Waals surface area contributed by atoms with Crippen LogP contribution in [0.15, 0.2) is 22.7 Å². The van der Waals surface area contributed by atoms with Gasteiger partial charge in [0.15, 0.2) is 0 Å². The number of hydrogen-bond acceptors (Lipinski definition) is 3. The monoisotopic (exact) mass is 324 g/mol. The average Bonchev–Trinajstić information content (AvgIpc) is 3.13. The summed E-state index contributed by atoms with van der Waals surface area (Å²) in [6, 6.07) is 5.40. The zero-order chi connectivity index (χ0) is 13.4. The molecule has 0 bridgehead atoms. The molecule has 2 fully saturated rings. The average molecular weight is 325 g/mol. The van der Waals surface area contributed by atoms with Gasteiger partial charge in [-0.2, -0.15) is 0 Å². The molecule has 1 amide bonds. The predicted octanol–water partition coefficient (Wildman–Crippen LogP) is 2.33. The molecule has 1 aromatic carbocycles. The van der Waals surface area contributed by atoms with Crippen LogP contribution in [0, 0.1) is 5.92 Å². The van der Waals surface area contributed by atoms with Crippen LogP contribution < -0.4 is 11.1 Å². The molecular formula is C14H17BrN2O2. The third-order valence-electron chi connectivity index (χ3n) is 3.77. The highest BCUT2D eigenvalue weighted by molar-refractivity contribution is 9.10. The van der Waals surface area contributed by atoms with Gasteiger partial charge in [0.2, 0.25) is 0 Å². The number of rotatable bonds is 3. The largest absolute Gasteiger partial charge is 0.399 e. The van der Waals surface area contributed by atoms with Gasteiger partial charge in [-0.05, 0) is 59.3 Å². The molecule has 0 spiro atoms. The maximum Gasteiger partial charge on any atom is 0.252 e. The van der Waals surface area contributed by atoms with Crippen molar-refractivity contribution >= 4 is 27.5 Å². The van der Waals surface area contributed by atoms with Gasteiger partial charge in [0.25, 0.3) is 5.91 Å². The van der Waals surface area contributed by atoms with Crippen molar-refractivity contribution in [2.45, 2.75) is 31.4 Å². The molecular weight excluding hydrogens is 308 g/mol. The highest BCUT2D eigenvalue weighted by Gasteiger charge is 2.41. The Hall–Kier alpha value is -1.07. The van der Waals surface area contributed by atoms with Crippen molar-refractivity contribution in [3.05, 3.63) is 28.2 Å². The van der Waals surface area contributed by atoms with Crippen molar-refractivity contribution in [2.24, 2.45) is 5.92 Å². The van der Waals surface area contributed by atoms with Crippen LogP contribution in [0.2, 0.25) is 0 Å². The van der Waals surface area contributed by atoms with Crippen LogP contribution in [0.4, 0.5) is 5.69 Å². The first kappa shape index (κ1) is 12.9. The summed E-state index contributed by atoms with van der Waals surface area (Å²) in [4.78, 5) is 12.3. The molecule has 2 unspecified atom stereocenters. The fourth-order valence-corrected chi connectivity index (χ4v) is 3.04. The molecule has 3 N–H and O–H groups in total. The van der Waals surface area contributed by atoms with Gasteiger partial charge in [-0.15, -0.1) is 0 Å². The summed E-state index contributed by atoms with van der Waals surface area (Å²) in [6.07, 6.45) is 3.54. The number of halogens is 1. The molecule has 1 saturated carbocycles. The molecule has 1 aromatic rings. The zero-order valence-electron chi connectivity index (χ0n) is 10.6. The van der Waals surface area contributed by atoms with Crippen LogP contribution in [-0.2, 0) is 4.74 Å². The number of hydrogen-bond donors (Lipinski definition) is 2. The van der Waals surface area contributed by atoms with E-state index in [1.54, 1.807) is 18.2 Å². The molecule has 4 nitrogen and oxygen atoms in total. The maximum absolute atomic E-state index is 12.3. The van der Waals surface area contributed by atoms with Crippen LogP contribution in [0.25, 0.3) is 0 Å². The molecule has 1 aliphatic heterocycles. The fraction of sp³-hybridized carbons (Fsp3) is 0.500. The molecule has 2 aliphatic rings. The van der Waals surface area contributed by atoms with Gasteiger partial charge < -0.3 is 15.8 Å². The minimum Gasteiger partial charge on any atom is -0.399 e. The van der Waals surface area contributed by atoms with Crippen LogP contribution in [0.5, 0.6) is 0 Å². The predicted molar refractivity (Wildman–Crippen MR) is 76.9 cm³/mol. The molecule has 0 aromatic heterocycles. The summed E-state index contributed by atoms with van der Waals surface area (Å²) in [7, 11) is 0. The summed E-state index contributed by atoms with van der Waals surface area (Å²) >= 11 is 3.39. The number of anilines is 1. The van der Waals surface area contributed by atoms with E-state index in [9.17, 15) is 4.79 Å². The Bertz CT molecular complexity index is 502. The van der Waals surface area contributed by atoms with Gasteiger partial charge in [0.05, 0.1) is 17.7 Å². The summed E-state index contributed by atoms with van der Waals surface area (Å²) in [5, 5.41) is 3.09. The number of carbonyl (C=O) groups is 1. The van der Waals surface area contributed by atoms with Crippen LogP contribution >= 0.6 is 15.9 Å². The van der Waals surface area contributed by atoms with Crippen molar-refractivity contribution < 1.29 is 9.53 Å². The van der Waals surface area contributed by atoms with Gasteiger partial charge in [0.1, 0.15) is 0 Å². The van der Waals surface area contributed by atoms with Crippen LogP contribution in [-0.4, -0.2) is 24.7 Å². The number of nitrogens with one attached hydrogen (secondary N) is 1. The summed E-state index contributed by atoms with van der Waals surface area (Å²) in [6.45, 7) is 0.740. The van der Waals surface area contributed by atoms with Gasteiger partial charge in [-0.25, -0.2) is 0 Å². The van der Waals surface area contributed by atoms with E-state index in [0.717, 1.165) is 17.5 Å². The third kappa shape index (κ3) is 2.77. The number of carbonyl (C=O) groups excluding carboxylic acids is 1. The van der Waals surface area contributed by atoms with Crippen molar-refractivity contribution in [1.82, 2.24) is 5.32 Å². The van der Waals surface area contributed by atoms with Crippen molar-refractivity contribution in [3.63, 3.8) is 0 Å². The first-order chi connectivity index (χ1) is 9.15. The number of benzene rings is 1. The van der Waals surface area contributed by atoms with E-state index in [1.165, 1.54) is 12.8 Å². The van der Waals surface area contributed by atoms with E-state index >= 15 is 0 Å². The van der Waals surface area contributed by atoms with Crippen molar-refractivity contribution in [2.75, 3.05) is 12.3 Å². The lowest BCUT2D eigenvalue weighted by atomic mass is 10.1. The Balaban J connectivity index is 1.72. The lowest BCUT2D eigenvalue weighted by Gasteiger charge is -2.19. The summed E-state index contributed by atoms with van der Waals surface area (Å²) in [5.74, 6) is 0.553. The van der Waals surface area contributed by atoms with E-state index < -0.39 is 0 Å². The van der Waals surface area contributed by atoms with Gasteiger partial charge in [-0.1, -0.05) is 0 Å². The molecule has 3 rings (SSSR count). The molecule has 1 heterocycles. The molecule has 1 aliphatic carbocycles. The lowest BCUT2D eigenvalue weighted by molar-refractivity contribution is 0.0729. The normalized spacial score (nSPS) is 26.4. The Morgan fingerprint density at radius 1 is 1.37 bits per heavy atom. The number of ether oxygens (including phenoxy) is 1. The molecule has 19 heavy (non-hydrogen) atoms. The summed E-state index contributed by atoms with van der Waals surface area (Å²) < 4.78 is 6.49. The van der Waals surface area contributed by atoms with Gasteiger partial charge >= 0.3 is 0 Å². The highest BCUT2D eigenvalue weighted by atomic mass is 79.9. The Kier molecular flexibility index (Phi) is 3.50. The first-order valence-electron chi connectivity index (χ1n) is 6.62. The molecule has 5 heteroatoms. The van der Waals surface area contributed by atoms with Crippen molar-refractivity contribution in [1.29, 1.82) is 0 Å². The van der Waals surface area contributed by atoms with E-state index in [-0.39, 0.29) is 18.1 Å². The van der Waals surface area contributed by atoms with E-state index in [0.29, 0.717) is 17.2 Å². The smallest absolute Gasteiger partial charge is 0.252 e. The second-order valence-corrected chi connectivity index (χ2v) is 6.14. The van der Waals surface area contributed by atoms with Gasteiger partial charge in [0, 0.05) is 16.8 Å². The van der Waals surface area contributed by atoms with E-state index in [1.807, 2.05) is 0 Å². The molecule has 1 saturated heterocycles. The standard InChI is InChI=1S/C14H17BrN2O2/c15-11-4-3-9(16)7-10(11)14(18)17-12-5-6-19-13(12)8-1-2-8/h3-4,7-8,12-13H,1-2,5-6,16H2,(H,17,18). The van der Waals surface area contributed by atoms with E-state index in [4.69, 9.17) is 10.5 Å². The quantitative estimate of drug-likeness (QED) is 0.839. The number of amides is 1. The minimum atomic E-state index is -0.0830. The van der Waals surface area contributed by atoms with Crippen LogP contribution in [0.3, 0.4) is 0 Å². The molecule has 102 valence electrons. The first-order valence-corrected chi connectivity index (χ1v) is 7.42. The van der Waals surface area contributed by atoms with Gasteiger partial charge in [-0.3, -0.25) is 4.79 Å². The Labute approximate surface area is 120 Å². The SMILES string of the molecule is Nc1ccc(Br)c(C(=O)NC2CCOC2C2CC2)c1. The third-order valence-corrected chi connectivity index (χ3v) is 4.47. The van der Waals surface area contributed by atoms with Crippen LogP contribution in [0.1, 0.15) is 29.6 Å².